The van der Waals surface area contributed by atoms with Crippen LogP contribution in [0.3, 0.4) is 0 Å². The summed E-state index contributed by atoms with van der Waals surface area (Å²) in [4.78, 5) is 2.51. The predicted molar refractivity (Wildman–Crippen MR) is 305 cm³/mol. The number of fused-ring (bicyclic) bond motifs is 3. The molecule has 11 aromatic rings. The van der Waals surface area contributed by atoms with E-state index in [-0.39, 0.29) is 21.7 Å². The molecule has 1 heterocycles. The normalized spacial score (nSPS) is 12.9. The van der Waals surface area contributed by atoms with Crippen LogP contribution < -0.4 is 4.90 Å². The number of anilines is 3. The molecular formula is C68H66N2. The smallest absolute Gasteiger partial charge is 0.0541 e. The fourth-order valence-electron chi connectivity index (χ4n) is 10.8. The number of benzene rings is 10. The van der Waals surface area contributed by atoms with Gasteiger partial charge in [0.15, 0.2) is 0 Å². The number of aromatic nitrogens is 1. The molecule has 348 valence electrons. The maximum Gasteiger partial charge on any atom is 0.0541 e. The van der Waals surface area contributed by atoms with Gasteiger partial charge < -0.3 is 9.47 Å². The van der Waals surface area contributed by atoms with Crippen LogP contribution in [-0.4, -0.2) is 4.57 Å². The molecule has 1 aromatic heterocycles. The molecule has 0 spiro atoms. The second-order valence-corrected chi connectivity index (χ2v) is 23.9. The van der Waals surface area contributed by atoms with Crippen LogP contribution in [0, 0.1) is 0 Å². The summed E-state index contributed by atoms with van der Waals surface area (Å²) in [5.41, 5.74) is 17.4. The lowest BCUT2D eigenvalue weighted by molar-refractivity contribution is 0.590. The molecule has 2 nitrogen and oxygen atoms in total. The molecule has 0 aliphatic carbocycles. The minimum atomic E-state index is 0.0270. The molecular weight excluding hydrogens is 845 g/mol. The number of nitrogens with zero attached hydrogens (tertiary/aromatic N) is 2. The quantitative estimate of drug-likeness (QED) is 0.151. The highest BCUT2D eigenvalue weighted by Crippen LogP contribution is 2.49. The average molecular weight is 911 g/mol. The van der Waals surface area contributed by atoms with Gasteiger partial charge >= 0.3 is 0 Å². The zero-order valence-electron chi connectivity index (χ0n) is 43.2. The molecule has 11 rings (SSSR count). The highest BCUT2D eigenvalue weighted by molar-refractivity contribution is 6.27. The Morgan fingerprint density at radius 2 is 0.814 bits per heavy atom. The lowest BCUT2D eigenvalue weighted by Gasteiger charge is -2.30. The number of rotatable bonds is 6. The third-order valence-electron chi connectivity index (χ3n) is 15.0. The van der Waals surface area contributed by atoms with Crippen molar-refractivity contribution in [1.29, 1.82) is 0 Å². The van der Waals surface area contributed by atoms with E-state index in [4.69, 9.17) is 0 Å². The second kappa shape index (κ2) is 16.2. The summed E-state index contributed by atoms with van der Waals surface area (Å²) >= 11 is 0. The van der Waals surface area contributed by atoms with Gasteiger partial charge in [0.05, 0.1) is 28.1 Å². The van der Waals surface area contributed by atoms with Crippen LogP contribution in [-0.2, 0) is 21.7 Å². The van der Waals surface area contributed by atoms with Gasteiger partial charge in [0.2, 0.25) is 0 Å². The van der Waals surface area contributed by atoms with Gasteiger partial charge in [-0.3, -0.25) is 0 Å². The van der Waals surface area contributed by atoms with Crippen molar-refractivity contribution in [2.24, 2.45) is 0 Å². The van der Waals surface area contributed by atoms with Gasteiger partial charge in [-0.2, -0.15) is 0 Å². The van der Waals surface area contributed by atoms with Gasteiger partial charge in [-0.25, -0.2) is 0 Å². The molecule has 0 amide bonds. The SMILES string of the molecule is CC(C)(C)c1ccc(-c2cccc(N(c3ccccc3-c3ccc(C(C)(C)C)cc3)c3ccc4ccc5c(-n6c7ccc(C(C)(C)C)cc7c7cc(C(C)(C)C)ccc76)ccc6ccc3c4c65)c2)cc1. The Kier molecular flexibility index (Phi) is 10.5. The molecule has 0 radical (unpaired) electrons. The molecule has 0 fully saturated rings. The Labute approximate surface area is 415 Å². The summed E-state index contributed by atoms with van der Waals surface area (Å²) in [7, 11) is 0. The van der Waals surface area contributed by atoms with Gasteiger partial charge in [0.1, 0.15) is 0 Å². The van der Waals surface area contributed by atoms with Crippen LogP contribution in [0.25, 0.3) is 82.1 Å². The summed E-state index contributed by atoms with van der Waals surface area (Å²) in [6, 6.07) is 69.5. The first-order chi connectivity index (χ1) is 33.2. The van der Waals surface area contributed by atoms with Crippen LogP contribution in [0.4, 0.5) is 17.1 Å². The molecule has 2 heteroatoms. The maximum atomic E-state index is 2.53. The highest BCUT2D eigenvalue weighted by atomic mass is 15.1. The van der Waals surface area contributed by atoms with E-state index in [0.29, 0.717) is 0 Å². The first kappa shape index (κ1) is 45.3. The fourth-order valence-corrected chi connectivity index (χ4v) is 10.8. The summed E-state index contributed by atoms with van der Waals surface area (Å²) in [6.45, 7) is 27.6. The van der Waals surface area contributed by atoms with E-state index in [2.05, 4.69) is 275 Å². The van der Waals surface area contributed by atoms with E-state index >= 15 is 0 Å². The van der Waals surface area contributed by atoms with Crippen molar-refractivity contribution in [3.05, 3.63) is 204 Å². The van der Waals surface area contributed by atoms with Gasteiger partial charge in [-0.15, -0.1) is 0 Å². The van der Waals surface area contributed by atoms with Crippen molar-refractivity contribution in [3.8, 4) is 27.9 Å². The Morgan fingerprint density at radius 3 is 1.39 bits per heavy atom. The second-order valence-electron chi connectivity index (χ2n) is 23.9. The van der Waals surface area contributed by atoms with Gasteiger partial charge in [-0.05, 0) is 137 Å². The fraction of sp³-hybridized carbons (Fsp3) is 0.235. The molecule has 0 unspecified atom stereocenters. The molecule has 0 aliphatic rings. The van der Waals surface area contributed by atoms with Crippen LogP contribution in [0.5, 0.6) is 0 Å². The Hall–Kier alpha value is -7.16. The molecule has 0 N–H and O–H groups in total. The zero-order valence-corrected chi connectivity index (χ0v) is 43.2. The summed E-state index contributed by atoms with van der Waals surface area (Å²) in [5.74, 6) is 0. The van der Waals surface area contributed by atoms with Crippen molar-refractivity contribution in [3.63, 3.8) is 0 Å². The van der Waals surface area contributed by atoms with Gasteiger partial charge in [0, 0.05) is 32.8 Å². The van der Waals surface area contributed by atoms with Gasteiger partial charge in [0.25, 0.3) is 0 Å². The van der Waals surface area contributed by atoms with Crippen molar-refractivity contribution in [2.75, 3.05) is 4.90 Å². The minimum absolute atomic E-state index is 0.0270. The number of hydrogen-bond donors (Lipinski definition) is 0. The topological polar surface area (TPSA) is 8.17 Å². The third-order valence-corrected chi connectivity index (χ3v) is 15.0. The van der Waals surface area contributed by atoms with Crippen LogP contribution >= 0.6 is 0 Å². The Morgan fingerprint density at radius 1 is 0.329 bits per heavy atom. The van der Waals surface area contributed by atoms with Gasteiger partial charge in [-0.1, -0.05) is 210 Å². The summed E-state index contributed by atoms with van der Waals surface area (Å²) in [6.07, 6.45) is 0. The predicted octanol–water partition coefficient (Wildman–Crippen LogP) is 19.7. The van der Waals surface area contributed by atoms with E-state index in [1.54, 1.807) is 0 Å². The van der Waals surface area contributed by atoms with E-state index < -0.39 is 0 Å². The summed E-state index contributed by atoms with van der Waals surface area (Å²) < 4.78 is 2.53. The van der Waals surface area contributed by atoms with E-state index in [1.807, 2.05) is 0 Å². The Bertz CT molecular complexity index is 3710. The maximum absolute atomic E-state index is 2.53. The van der Waals surface area contributed by atoms with Crippen LogP contribution in [0.15, 0.2) is 182 Å². The van der Waals surface area contributed by atoms with Crippen LogP contribution in [0.1, 0.15) is 105 Å². The molecule has 0 bridgehead atoms. The largest absolute Gasteiger partial charge is 0.309 e. The molecule has 0 saturated heterocycles. The van der Waals surface area contributed by atoms with Crippen molar-refractivity contribution in [1.82, 2.24) is 4.57 Å². The monoisotopic (exact) mass is 911 g/mol. The van der Waals surface area contributed by atoms with Crippen LogP contribution in [0.2, 0.25) is 0 Å². The molecule has 0 aliphatic heterocycles. The molecule has 10 aromatic carbocycles. The standard InChI is InChI=1S/C68H66N2/c1-65(2,3)48-28-20-43(21-29-48)47-16-15-17-52(40-47)69(58-19-14-13-18-53(58)44-22-30-49(31-23-44)66(4,5)6)59-36-26-45-25-35-55-60(37-27-46-24-34-54(59)63(45)64(46)55)70-61-38-32-50(67(7,8)9)41-56(61)57-42-51(68(10,11)12)33-39-62(57)70/h13-42H,1-12H3. The van der Waals surface area contributed by atoms with Crippen molar-refractivity contribution < 1.29 is 0 Å². The zero-order chi connectivity index (χ0) is 49.1. The van der Waals surface area contributed by atoms with E-state index in [1.165, 1.54) is 104 Å². The number of hydrogen-bond acceptors (Lipinski definition) is 1. The van der Waals surface area contributed by atoms with E-state index in [0.717, 1.165) is 17.1 Å². The van der Waals surface area contributed by atoms with Crippen molar-refractivity contribution in [2.45, 2.75) is 105 Å². The summed E-state index contributed by atoms with van der Waals surface area (Å²) in [5, 5.41) is 10.1. The molecule has 70 heavy (non-hydrogen) atoms. The highest BCUT2D eigenvalue weighted by Gasteiger charge is 2.26. The lowest BCUT2D eigenvalue weighted by atomic mass is 9.85. The first-order valence-electron chi connectivity index (χ1n) is 25.3. The third kappa shape index (κ3) is 7.73. The van der Waals surface area contributed by atoms with Crippen molar-refractivity contribution >= 4 is 71.2 Å². The average Bonchev–Trinajstić information content (AvgIpc) is 3.66. The molecule has 0 atom stereocenters. The van der Waals surface area contributed by atoms with E-state index in [9.17, 15) is 0 Å². The lowest BCUT2D eigenvalue weighted by Crippen LogP contribution is -2.12. The minimum Gasteiger partial charge on any atom is -0.309 e. The first-order valence-corrected chi connectivity index (χ1v) is 25.3. The Balaban J connectivity index is 1.16. The molecule has 0 saturated carbocycles. The number of para-hydroxylation sites is 1.